The van der Waals surface area contributed by atoms with Gasteiger partial charge >= 0.3 is 11.9 Å². The summed E-state index contributed by atoms with van der Waals surface area (Å²) >= 11 is 0. The number of fused-ring (bicyclic) bond motifs is 5. The lowest BCUT2D eigenvalue weighted by Crippen LogP contribution is -2.17. The lowest BCUT2D eigenvalue weighted by molar-refractivity contribution is -0.145. The molecule has 13 nitrogen and oxygen atoms in total. The fraction of sp³-hybridized carbons (Fsp3) is 0.523. The maximum atomic E-state index is 13.1. The number of ether oxygens (including phenoxy) is 6. The zero-order valence-electron chi connectivity index (χ0n) is 34.5. The van der Waals surface area contributed by atoms with Crippen molar-refractivity contribution in [3.8, 4) is 0 Å². The first-order chi connectivity index (χ1) is 27.4. The number of carbonyl (C=O) groups is 2. The first-order valence-electron chi connectivity index (χ1n) is 20.0. The number of aliphatic hydroxyl groups is 1. The van der Waals surface area contributed by atoms with Crippen molar-refractivity contribution in [1.82, 2.24) is 5.32 Å². The Bertz CT molecular complexity index is 2020. The Labute approximate surface area is 335 Å². The minimum absolute atomic E-state index is 0.00642. The summed E-state index contributed by atoms with van der Waals surface area (Å²) in [5.74, 6) is -0.399. The van der Waals surface area contributed by atoms with E-state index in [4.69, 9.17) is 43.4 Å². The van der Waals surface area contributed by atoms with Gasteiger partial charge in [0.05, 0.1) is 80.0 Å². The molecule has 6 rings (SSSR count). The second-order valence-electron chi connectivity index (χ2n) is 14.8. The number of methoxy groups -OCH3 is 1. The van der Waals surface area contributed by atoms with Gasteiger partial charge in [0.1, 0.15) is 19.0 Å². The number of nitrogens with zero attached hydrogens (tertiary/aromatic N) is 3. The smallest absolute Gasteiger partial charge is 0.305 e. The van der Waals surface area contributed by atoms with Crippen molar-refractivity contribution in [2.24, 2.45) is 26.8 Å². The Morgan fingerprint density at radius 1 is 0.860 bits per heavy atom. The number of carbonyl (C=O) groups excluding carboxylic acids is 2. The Kier molecular flexibility index (Phi) is 13.8. The van der Waals surface area contributed by atoms with E-state index in [0.29, 0.717) is 51.6 Å². The molecule has 0 aromatic carbocycles. The van der Waals surface area contributed by atoms with E-state index in [1.54, 1.807) is 7.11 Å². The van der Waals surface area contributed by atoms with Gasteiger partial charge in [-0.25, -0.2) is 15.0 Å². The van der Waals surface area contributed by atoms with Crippen molar-refractivity contribution < 1.29 is 43.1 Å². The SMILES string of the molecule is CCC1=C(C)C2=NC1=CC1=C(C)C3=C(O)CC(=C4NC(=CC5=NC(=C2)C(C(C)OC)=C5C)[C@@H](C)[C@@H]4CCC(=O)OCCOCCOCCOCCOC(C)=O)C3=N1. The first-order valence-corrected chi connectivity index (χ1v) is 20.0. The lowest BCUT2D eigenvalue weighted by atomic mass is 9.86. The molecule has 1 saturated heterocycles. The van der Waals surface area contributed by atoms with Crippen LogP contribution in [-0.4, -0.2) is 100 Å². The summed E-state index contributed by atoms with van der Waals surface area (Å²) in [5.41, 5.74) is 13.9. The minimum atomic E-state index is -0.334. The van der Waals surface area contributed by atoms with Gasteiger partial charge in [-0.3, -0.25) is 9.59 Å². The number of esters is 2. The van der Waals surface area contributed by atoms with Crippen LogP contribution in [0.3, 0.4) is 0 Å². The largest absolute Gasteiger partial charge is 0.511 e. The molecule has 0 aromatic rings. The van der Waals surface area contributed by atoms with Crippen molar-refractivity contribution >= 4 is 29.1 Å². The fourth-order valence-corrected chi connectivity index (χ4v) is 8.10. The van der Waals surface area contributed by atoms with Crippen molar-refractivity contribution in [2.45, 2.75) is 80.3 Å². The highest BCUT2D eigenvalue weighted by molar-refractivity contribution is 6.21. The average molecular weight is 785 g/mol. The lowest BCUT2D eigenvalue weighted by Gasteiger charge is -2.17. The van der Waals surface area contributed by atoms with Gasteiger partial charge in [0.2, 0.25) is 0 Å². The average Bonchev–Trinajstić information content (AvgIpc) is 3.94. The number of aliphatic imine (C=N–C) groups is 3. The van der Waals surface area contributed by atoms with Crippen LogP contribution in [0.2, 0.25) is 0 Å². The molecular weight excluding hydrogens is 729 g/mol. The molecule has 0 spiro atoms. The summed E-state index contributed by atoms with van der Waals surface area (Å²) in [6.07, 6.45) is 7.95. The van der Waals surface area contributed by atoms with Gasteiger partial charge in [0.25, 0.3) is 0 Å². The maximum Gasteiger partial charge on any atom is 0.305 e. The van der Waals surface area contributed by atoms with Crippen LogP contribution in [0.25, 0.3) is 0 Å². The molecule has 13 heteroatoms. The van der Waals surface area contributed by atoms with E-state index in [-0.39, 0.29) is 56.1 Å². The van der Waals surface area contributed by atoms with Gasteiger partial charge in [-0.05, 0) is 81.1 Å². The van der Waals surface area contributed by atoms with E-state index >= 15 is 0 Å². The molecule has 306 valence electrons. The van der Waals surface area contributed by atoms with Crippen molar-refractivity contribution in [3.63, 3.8) is 0 Å². The fourth-order valence-electron chi connectivity index (χ4n) is 8.10. The van der Waals surface area contributed by atoms with Gasteiger partial charge in [0, 0.05) is 66.8 Å². The molecule has 1 aliphatic carbocycles. The minimum Gasteiger partial charge on any atom is -0.511 e. The third-order valence-electron chi connectivity index (χ3n) is 11.3. The Morgan fingerprint density at radius 3 is 2.14 bits per heavy atom. The van der Waals surface area contributed by atoms with Crippen molar-refractivity contribution in [1.29, 1.82) is 0 Å². The summed E-state index contributed by atoms with van der Waals surface area (Å²) in [6.45, 7) is 16.4. The van der Waals surface area contributed by atoms with Crippen LogP contribution >= 0.6 is 0 Å². The van der Waals surface area contributed by atoms with Crippen LogP contribution in [0.15, 0.2) is 106 Å². The van der Waals surface area contributed by atoms with Crippen LogP contribution in [0.5, 0.6) is 0 Å². The molecule has 0 saturated carbocycles. The Balaban J connectivity index is 1.17. The number of rotatable bonds is 18. The molecule has 5 aliphatic heterocycles. The number of hydrogen-bond donors (Lipinski definition) is 2. The topological polar surface area (TPSA) is 159 Å². The van der Waals surface area contributed by atoms with Gasteiger partial charge in [0.15, 0.2) is 0 Å². The van der Waals surface area contributed by atoms with Crippen LogP contribution in [-0.2, 0) is 38.0 Å². The monoisotopic (exact) mass is 784 g/mol. The zero-order chi connectivity index (χ0) is 40.8. The predicted molar refractivity (Wildman–Crippen MR) is 218 cm³/mol. The van der Waals surface area contributed by atoms with Gasteiger partial charge in [-0.1, -0.05) is 13.8 Å². The molecule has 2 N–H and O–H groups in total. The summed E-state index contributed by atoms with van der Waals surface area (Å²) in [6, 6.07) is 0. The van der Waals surface area contributed by atoms with E-state index in [1.807, 2.05) is 19.9 Å². The molecular formula is C44H56N4O9. The Hall–Kier alpha value is -4.69. The molecule has 6 aliphatic rings. The van der Waals surface area contributed by atoms with Crippen LogP contribution in [0.4, 0.5) is 0 Å². The van der Waals surface area contributed by atoms with Crippen molar-refractivity contribution in [3.05, 3.63) is 91.5 Å². The maximum absolute atomic E-state index is 13.1. The summed E-state index contributed by atoms with van der Waals surface area (Å²) in [5, 5.41) is 15.1. The second kappa shape index (κ2) is 18.7. The van der Waals surface area contributed by atoms with E-state index in [1.165, 1.54) is 6.92 Å². The van der Waals surface area contributed by atoms with E-state index in [9.17, 15) is 14.7 Å². The molecule has 8 bridgehead atoms. The number of hydrogen-bond acceptors (Lipinski definition) is 13. The third-order valence-corrected chi connectivity index (χ3v) is 11.3. The molecule has 5 heterocycles. The molecule has 3 atom stereocenters. The quantitative estimate of drug-likeness (QED) is 0.114. The summed E-state index contributed by atoms with van der Waals surface area (Å²) in [4.78, 5) is 39.3. The molecule has 57 heavy (non-hydrogen) atoms. The van der Waals surface area contributed by atoms with Gasteiger partial charge in [-0.15, -0.1) is 0 Å². The van der Waals surface area contributed by atoms with E-state index < -0.39 is 0 Å². The van der Waals surface area contributed by atoms with Gasteiger partial charge in [-0.2, -0.15) is 0 Å². The highest BCUT2D eigenvalue weighted by Crippen LogP contribution is 2.46. The highest BCUT2D eigenvalue weighted by Gasteiger charge is 2.41. The summed E-state index contributed by atoms with van der Waals surface area (Å²) < 4.78 is 32.6. The van der Waals surface area contributed by atoms with Crippen molar-refractivity contribution in [2.75, 3.05) is 60.0 Å². The van der Waals surface area contributed by atoms with E-state index in [2.05, 4.69) is 45.2 Å². The van der Waals surface area contributed by atoms with Gasteiger partial charge < -0.3 is 38.8 Å². The molecule has 1 unspecified atom stereocenters. The summed E-state index contributed by atoms with van der Waals surface area (Å²) in [7, 11) is 1.71. The Morgan fingerprint density at radius 2 is 1.49 bits per heavy atom. The normalized spacial score (nSPS) is 21.8. The highest BCUT2D eigenvalue weighted by atomic mass is 16.6. The second-order valence-corrected chi connectivity index (χ2v) is 14.8. The third kappa shape index (κ3) is 9.22. The number of allylic oxidation sites excluding steroid dienone is 11. The van der Waals surface area contributed by atoms with Crippen LogP contribution < -0.4 is 5.32 Å². The van der Waals surface area contributed by atoms with Crippen LogP contribution in [0, 0.1) is 11.8 Å². The predicted octanol–water partition coefficient (Wildman–Crippen LogP) is 6.63. The van der Waals surface area contributed by atoms with E-state index in [0.717, 1.165) is 91.1 Å². The standard InChI is InChI=1S/C44H56N4O9/c1-9-30-24(2)33-23-38-41(28(6)52-8)26(4)35(46-38)21-34-25(3)31(10-11-40(51)57-19-17-55-15-13-53-12-14-54-16-18-56-29(7)49)43(47-34)32-20-39(50)42-27(5)36(48-44(32)42)22-37(30)45-33/h21-23,25,28,31,47,50H,9-20H2,1-8H3/t25-,28?,31-/m0/s1. The zero-order valence-corrected chi connectivity index (χ0v) is 34.5. The molecule has 0 aromatic heterocycles. The first kappa shape index (κ1) is 41.9. The number of nitrogens with one attached hydrogen (secondary N) is 1. The number of aliphatic hydroxyl groups excluding tert-OH is 1. The molecule has 0 radical (unpaired) electrons. The molecule has 1 fully saturated rings. The van der Waals surface area contributed by atoms with Crippen LogP contribution in [0.1, 0.15) is 74.1 Å². The molecule has 0 amide bonds.